The maximum absolute atomic E-state index is 12.4. The maximum atomic E-state index is 12.4. The third-order valence-corrected chi connectivity index (χ3v) is 7.97. The summed E-state index contributed by atoms with van der Waals surface area (Å²) in [5.41, 5.74) is 1.71. The summed E-state index contributed by atoms with van der Waals surface area (Å²) in [4.78, 5) is 17.1. The van der Waals surface area contributed by atoms with E-state index < -0.39 is 9.84 Å². The van der Waals surface area contributed by atoms with Crippen LogP contribution in [0.1, 0.15) is 18.4 Å². The molecule has 0 atom stereocenters. The van der Waals surface area contributed by atoms with Gasteiger partial charge in [-0.2, -0.15) is 4.99 Å². The SMILES string of the molecule is Cc1ccc(S(=O)(=O)CCCC(=O)N=c2sc3c(Cl)ccc(Cl)c3n2C)cc1. The fourth-order valence-corrected chi connectivity index (χ4v) is 5.71. The van der Waals surface area contributed by atoms with Crippen LogP contribution in [0, 0.1) is 6.92 Å². The largest absolute Gasteiger partial charge is 0.318 e. The monoisotopic (exact) mass is 456 g/mol. The third-order valence-electron chi connectivity index (χ3n) is 4.25. The predicted molar refractivity (Wildman–Crippen MR) is 114 cm³/mol. The van der Waals surface area contributed by atoms with Crippen LogP contribution < -0.4 is 4.80 Å². The van der Waals surface area contributed by atoms with Crippen LogP contribution in [0.25, 0.3) is 10.2 Å². The van der Waals surface area contributed by atoms with E-state index in [1.165, 1.54) is 11.3 Å². The first-order valence-electron chi connectivity index (χ1n) is 8.49. The fourth-order valence-electron chi connectivity index (χ4n) is 2.72. The Morgan fingerprint density at radius 3 is 2.39 bits per heavy atom. The Kier molecular flexibility index (Phi) is 6.29. The second-order valence-corrected chi connectivity index (χ2v) is 10.3. The highest BCUT2D eigenvalue weighted by atomic mass is 35.5. The van der Waals surface area contributed by atoms with Crippen molar-refractivity contribution < 1.29 is 13.2 Å². The highest BCUT2D eigenvalue weighted by Crippen LogP contribution is 2.31. The minimum absolute atomic E-state index is 0.0425. The second kappa shape index (κ2) is 8.37. The van der Waals surface area contributed by atoms with Crippen LogP contribution in [0.3, 0.4) is 0 Å². The highest BCUT2D eigenvalue weighted by Gasteiger charge is 2.15. The van der Waals surface area contributed by atoms with Crippen molar-refractivity contribution >= 4 is 60.5 Å². The van der Waals surface area contributed by atoms with Gasteiger partial charge in [0, 0.05) is 13.5 Å². The molecule has 9 heteroatoms. The van der Waals surface area contributed by atoms with Crippen molar-refractivity contribution in [2.75, 3.05) is 5.75 Å². The first-order valence-corrected chi connectivity index (χ1v) is 11.7. The molecular formula is C19H18Cl2N2O3S2. The molecule has 0 radical (unpaired) electrons. The molecule has 0 bridgehead atoms. The summed E-state index contributed by atoms with van der Waals surface area (Å²) < 4.78 is 27.2. The van der Waals surface area contributed by atoms with Crippen LogP contribution in [0.15, 0.2) is 46.3 Å². The summed E-state index contributed by atoms with van der Waals surface area (Å²) in [6.07, 6.45) is 0.246. The number of aromatic nitrogens is 1. The van der Waals surface area contributed by atoms with E-state index in [9.17, 15) is 13.2 Å². The number of aryl methyl sites for hydroxylation is 2. The molecule has 3 rings (SSSR count). The Hall–Kier alpha value is -1.67. The lowest BCUT2D eigenvalue weighted by molar-refractivity contribution is -0.118. The summed E-state index contributed by atoms with van der Waals surface area (Å²) in [6, 6.07) is 10.1. The lowest BCUT2D eigenvalue weighted by atomic mass is 10.2. The van der Waals surface area contributed by atoms with Crippen LogP contribution in [-0.2, 0) is 21.7 Å². The maximum Gasteiger partial charge on any atom is 0.248 e. The summed E-state index contributed by atoms with van der Waals surface area (Å²) in [5, 5.41) is 1.06. The van der Waals surface area contributed by atoms with Gasteiger partial charge < -0.3 is 4.57 Å². The van der Waals surface area contributed by atoms with Crippen molar-refractivity contribution in [2.24, 2.45) is 12.0 Å². The van der Waals surface area contributed by atoms with Crippen molar-refractivity contribution in [3.05, 3.63) is 56.8 Å². The van der Waals surface area contributed by atoms with Gasteiger partial charge in [-0.05, 0) is 37.6 Å². The van der Waals surface area contributed by atoms with E-state index in [-0.39, 0.29) is 29.4 Å². The lowest BCUT2D eigenvalue weighted by Crippen LogP contribution is -2.14. The Labute approximate surface area is 177 Å². The van der Waals surface area contributed by atoms with E-state index in [2.05, 4.69) is 4.99 Å². The van der Waals surface area contributed by atoms with Crippen molar-refractivity contribution in [3.63, 3.8) is 0 Å². The number of rotatable bonds is 5. The molecule has 3 aromatic rings. The summed E-state index contributed by atoms with van der Waals surface area (Å²) in [6.45, 7) is 1.89. The zero-order chi connectivity index (χ0) is 20.5. The van der Waals surface area contributed by atoms with Crippen molar-refractivity contribution in [3.8, 4) is 0 Å². The van der Waals surface area contributed by atoms with Gasteiger partial charge >= 0.3 is 0 Å². The van der Waals surface area contributed by atoms with Gasteiger partial charge in [-0.1, -0.05) is 52.2 Å². The number of carbonyl (C=O) groups is 1. The Balaban J connectivity index is 1.73. The van der Waals surface area contributed by atoms with Crippen LogP contribution in [-0.4, -0.2) is 24.6 Å². The quantitative estimate of drug-likeness (QED) is 0.565. The molecule has 0 N–H and O–H groups in total. The van der Waals surface area contributed by atoms with Crippen LogP contribution >= 0.6 is 34.5 Å². The number of amides is 1. The third kappa shape index (κ3) is 4.49. The smallest absolute Gasteiger partial charge is 0.248 e. The van der Waals surface area contributed by atoms with Gasteiger partial charge in [-0.15, -0.1) is 0 Å². The molecule has 0 saturated heterocycles. The van der Waals surface area contributed by atoms with Crippen molar-refractivity contribution in [1.82, 2.24) is 4.57 Å². The molecule has 1 aromatic heterocycles. The fraction of sp³-hybridized carbons (Fsp3) is 0.263. The average Bonchev–Trinajstić information content (AvgIpc) is 2.96. The minimum Gasteiger partial charge on any atom is -0.318 e. The van der Waals surface area contributed by atoms with E-state index in [1.54, 1.807) is 48.0 Å². The molecule has 0 aliphatic heterocycles. The molecule has 0 fully saturated rings. The van der Waals surface area contributed by atoms with Crippen LogP contribution in [0.2, 0.25) is 10.0 Å². The number of benzene rings is 2. The Morgan fingerprint density at radius 2 is 1.75 bits per heavy atom. The standard InChI is InChI=1S/C19H18Cl2N2O3S2/c1-12-5-7-13(8-6-12)28(25,26)11-3-4-16(24)22-19-23(2)17-14(20)9-10-15(21)18(17)27-19/h5-10H,3-4,11H2,1-2H3. The molecule has 0 saturated carbocycles. The molecule has 28 heavy (non-hydrogen) atoms. The average molecular weight is 457 g/mol. The number of hydrogen-bond donors (Lipinski definition) is 0. The molecule has 0 unspecified atom stereocenters. The first kappa shape index (κ1) is 21.0. The van der Waals surface area contributed by atoms with E-state index in [0.717, 1.165) is 10.3 Å². The van der Waals surface area contributed by atoms with Gasteiger partial charge in [-0.3, -0.25) is 4.79 Å². The second-order valence-electron chi connectivity index (χ2n) is 6.39. The summed E-state index contributed by atoms with van der Waals surface area (Å²) in [5.74, 6) is -0.485. The molecule has 1 amide bonds. The van der Waals surface area contributed by atoms with Crippen molar-refractivity contribution in [1.29, 1.82) is 0 Å². The summed E-state index contributed by atoms with van der Waals surface area (Å²) >= 11 is 13.7. The molecular weight excluding hydrogens is 439 g/mol. The first-order chi connectivity index (χ1) is 13.2. The lowest BCUT2D eigenvalue weighted by Gasteiger charge is -2.04. The van der Waals surface area contributed by atoms with E-state index in [1.807, 2.05) is 6.92 Å². The molecule has 1 heterocycles. The van der Waals surface area contributed by atoms with Gasteiger partial charge in [0.2, 0.25) is 5.91 Å². The zero-order valence-corrected chi connectivity index (χ0v) is 18.4. The zero-order valence-electron chi connectivity index (χ0n) is 15.3. The van der Waals surface area contributed by atoms with Crippen LogP contribution in [0.5, 0.6) is 0 Å². The van der Waals surface area contributed by atoms with E-state index in [4.69, 9.17) is 23.2 Å². The van der Waals surface area contributed by atoms with Crippen molar-refractivity contribution in [2.45, 2.75) is 24.7 Å². The molecule has 0 aliphatic carbocycles. The number of nitrogens with zero attached hydrogens (tertiary/aromatic N) is 2. The highest BCUT2D eigenvalue weighted by molar-refractivity contribution is 7.91. The molecule has 5 nitrogen and oxygen atoms in total. The van der Waals surface area contributed by atoms with E-state index >= 15 is 0 Å². The number of carbonyl (C=O) groups excluding carboxylic acids is 1. The summed E-state index contributed by atoms with van der Waals surface area (Å²) in [7, 11) is -1.66. The Morgan fingerprint density at radius 1 is 1.11 bits per heavy atom. The Bertz CT molecular complexity index is 1210. The molecule has 148 valence electrons. The van der Waals surface area contributed by atoms with Crippen LogP contribution in [0.4, 0.5) is 0 Å². The number of hydrogen-bond acceptors (Lipinski definition) is 4. The number of thiazole rings is 1. The topological polar surface area (TPSA) is 68.5 Å². The van der Waals surface area contributed by atoms with Gasteiger partial charge in [0.25, 0.3) is 0 Å². The number of sulfone groups is 1. The van der Waals surface area contributed by atoms with Gasteiger partial charge in [0.05, 0.1) is 30.9 Å². The normalized spacial score (nSPS) is 12.6. The minimum atomic E-state index is -3.42. The number of halogens is 2. The molecule has 0 aliphatic rings. The molecule has 0 spiro atoms. The van der Waals surface area contributed by atoms with E-state index in [0.29, 0.717) is 20.4 Å². The predicted octanol–water partition coefficient (Wildman–Crippen LogP) is 4.54. The van der Waals surface area contributed by atoms with Gasteiger partial charge in [0.15, 0.2) is 14.6 Å². The number of fused-ring (bicyclic) bond motifs is 1. The molecule has 2 aromatic carbocycles. The van der Waals surface area contributed by atoms with Gasteiger partial charge in [0.1, 0.15) is 0 Å². The van der Waals surface area contributed by atoms with Gasteiger partial charge in [-0.25, -0.2) is 8.42 Å².